The van der Waals surface area contributed by atoms with Gasteiger partial charge < -0.3 is 0 Å². The van der Waals surface area contributed by atoms with Crippen molar-refractivity contribution in [3.63, 3.8) is 0 Å². The third-order valence-corrected chi connectivity index (χ3v) is 4.31. The maximum atomic E-state index is 12.8. The molecule has 0 saturated carbocycles. The molecular weight excluding hydrogens is 347 g/mol. The molecule has 0 radical (unpaired) electrons. The van der Waals surface area contributed by atoms with E-state index in [0.29, 0.717) is 10.6 Å². The number of nitriles is 1. The average Bonchev–Trinajstić information content (AvgIpc) is 2.62. The second-order valence-electron chi connectivity index (χ2n) is 5.05. The van der Waals surface area contributed by atoms with Gasteiger partial charge >= 0.3 is 6.18 Å². The van der Waals surface area contributed by atoms with Crippen molar-refractivity contribution in [1.82, 2.24) is 10.2 Å². The molecule has 0 aliphatic carbocycles. The molecular formula is C18H10F3N3S. The normalized spacial score (nSPS) is 11.1. The summed E-state index contributed by atoms with van der Waals surface area (Å²) in [6.07, 6.45) is -4.42. The lowest BCUT2D eigenvalue weighted by Gasteiger charge is -2.09. The fraction of sp³-hybridized carbons (Fsp3) is 0.0556. The van der Waals surface area contributed by atoms with E-state index in [0.717, 1.165) is 29.5 Å². The van der Waals surface area contributed by atoms with E-state index in [1.54, 1.807) is 6.07 Å². The first kappa shape index (κ1) is 17.0. The van der Waals surface area contributed by atoms with Crippen LogP contribution in [0, 0.1) is 11.3 Å². The molecule has 3 aromatic rings. The van der Waals surface area contributed by atoms with Crippen LogP contribution in [-0.2, 0) is 6.18 Å². The summed E-state index contributed by atoms with van der Waals surface area (Å²) in [6, 6.07) is 17.7. The van der Waals surface area contributed by atoms with Crippen molar-refractivity contribution in [3.05, 3.63) is 71.8 Å². The smallest absolute Gasteiger partial charge is 0.192 e. The van der Waals surface area contributed by atoms with Crippen molar-refractivity contribution >= 4 is 11.8 Å². The van der Waals surface area contributed by atoms with Gasteiger partial charge in [0.25, 0.3) is 0 Å². The van der Waals surface area contributed by atoms with Crippen LogP contribution in [0.3, 0.4) is 0 Å². The van der Waals surface area contributed by atoms with Gasteiger partial charge in [-0.1, -0.05) is 48.2 Å². The molecule has 0 N–H and O–H groups in total. The maximum Gasteiger partial charge on any atom is 0.416 e. The molecule has 0 unspecified atom stereocenters. The first-order valence-corrected chi connectivity index (χ1v) is 7.97. The molecule has 2 aromatic carbocycles. The molecule has 0 saturated heterocycles. The highest BCUT2D eigenvalue weighted by molar-refractivity contribution is 7.99. The summed E-state index contributed by atoms with van der Waals surface area (Å²) in [5, 5.41) is 17.7. The fourth-order valence-electron chi connectivity index (χ4n) is 2.13. The Morgan fingerprint density at radius 1 is 0.920 bits per heavy atom. The molecule has 0 fully saturated rings. The van der Waals surface area contributed by atoms with Gasteiger partial charge in [0.1, 0.15) is 11.1 Å². The average molecular weight is 357 g/mol. The largest absolute Gasteiger partial charge is 0.416 e. The van der Waals surface area contributed by atoms with Gasteiger partial charge in [0.2, 0.25) is 0 Å². The van der Waals surface area contributed by atoms with Crippen LogP contribution in [-0.4, -0.2) is 10.2 Å². The van der Waals surface area contributed by atoms with Crippen molar-refractivity contribution in [2.45, 2.75) is 16.1 Å². The zero-order valence-electron chi connectivity index (χ0n) is 12.7. The Kier molecular flexibility index (Phi) is 4.72. The van der Waals surface area contributed by atoms with Gasteiger partial charge in [0.05, 0.1) is 16.8 Å². The molecule has 0 spiro atoms. The zero-order chi connectivity index (χ0) is 17.9. The van der Waals surface area contributed by atoms with Gasteiger partial charge in [-0.2, -0.15) is 18.4 Å². The van der Waals surface area contributed by atoms with E-state index in [9.17, 15) is 18.4 Å². The Morgan fingerprint density at radius 2 is 1.68 bits per heavy atom. The Labute approximate surface area is 146 Å². The van der Waals surface area contributed by atoms with Gasteiger partial charge in [-0.15, -0.1) is 10.2 Å². The maximum absolute atomic E-state index is 12.8. The summed E-state index contributed by atoms with van der Waals surface area (Å²) < 4.78 is 38.4. The number of rotatable bonds is 3. The highest BCUT2D eigenvalue weighted by atomic mass is 32.2. The number of nitrogens with zero attached hydrogens (tertiary/aromatic N) is 3. The topological polar surface area (TPSA) is 49.6 Å². The minimum Gasteiger partial charge on any atom is -0.192 e. The lowest BCUT2D eigenvalue weighted by molar-refractivity contribution is -0.137. The number of benzene rings is 2. The highest BCUT2D eigenvalue weighted by Gasteiger charge is 2.30. The second-order valence-corrected chi connectivity index (χ2v) is 6.12. The molecule has 3 rings (SSSR count). The third kappa shape index (κ3) is 3.98. The fourth-order valence-corrected chi connectivity index (χ4v) is 2.99. The van der Waals surface area contributed by atoms with Gasteiger partial charge in [0.15, 0.2) is 0 Å². The standard InChI is InChI=1S/C18H10F3N3S/c19-18(20,21)14-7-4-8-15(10-14)25-17-13(11-22)9-16(23-24-17)12-5-2-1-3-6-12/h1-10H. The second kappa shape index (κ2) is 6.95. The number of hydrogen-bond acceptors (Lipinski definition) is 4. The molecule has 1 heterocycles. The zero-order valence-corrected chi connectivity index (χ0v) is 13.5. The van der Waals surface area contributed by atoms with Crippen molar-refractivity contribution in [2.75, 3.05) is 0 Å². The lowest BCUT2D eigenvalue weighted by atomic mass is 10.1. The minimum atomic E-state index is -4.42. The predicted octanol–water partition coefficient (Wildman–Crippen LogP) is 5.19. The summed E-state index contributed by atoms with van der Waals surface area (Å²) in [5.74, 6) is 0. The molecule has 0 aliphatic heterocycles. The van der Waals surface area contributed by atoms with E-state index in [4.69, 9.17) is 0 Å². The number of aromatic nitrogens is 2. The van der Waals surface area contributed by atoms with Crippen LogP contribution in [0.15, 0.2) is 70.6 Å². The predicted molar refractivity (Wildman–Crippen MR) is 87.8 cm³/mol. The van der Waals surface area contributed by atoms with Crippen LogP contribution in [0.5, 0.6) is 0 Å². The van der Waals surface area contributed by atoms with Crippen LogP contribution in [0.4, 0.5) is 13.2 Å². The summed E-state index contributed by atoms with van der Waals surface area (Å²) in [4.78, 5) is 0.341. The van der Waals surface area contributed by atoms with Crippen LogP contribution in [0.1, 0.15) is 11.1 Å². The van der Waals surface area contributed by atoms with Crippen LogP contribution in [0.2, 0.25) is 0 Å². The van der Waals surface area contributed by atoms with Gasteiger partial charge in [-0.05, 0) is 24.3 Å². The molecule has 0 aliphatic rings. The van der Waals surface area contributed by atoms with E-state index in [1.165, 1.54) is 12.1 Å². The van der Waals surface area contributed by atoms with Crippen molar-refractivity contribution < 1.29 is 13.2 Å². The van der Waals surface area contributed by atoms with Gasteiger partial charge in [0, 0.05) is 10.5 Å². The Bertz CT molecular complexity index is 934. The summed E-state index contributed by atoms with van der Waals surface area (Å²) in [6.45, 7) is 0. The molecule has 25 heavy (non-hydrogen) atoms. The molecule has 3 nitrogen and oxygen atoms in total. The first-order valence-electron chi connectivity index (χ1n) is 7.16. The van der Waals surface area contributed by atoms with Crippen LogP contribution >= 0.6 is 11.8 Å². The summed E-state index contributed by atoms with van der Waals surface area (Å²) in [7, 11) is 0. The molecule has 0 atom stereocenters. The van der Waals surface area contributed by atoms with E-state index in [1.807, 2.05) is 36.4 Å². The van der Waals surface area contributed by atoms with Crippen molar-refractivity contribution in [2.24, 2.45) is 0 Å². The SMILES string of the molecule is N#Cc1cc(-c2ccccc2)nnc1Sc1cccc(C(F)(F)F)c1. The third-order valence-electron chi connectivity index (χ3n) is 3.33. The van der Waals surface area contributed by atoms with Gasteiger partial charge in [-0.25, -0.2) is 0 Å². The minimum absolute atomic E-state index is 0.260. The first-order chi connectivity index (χ1) is 12.0. The molecule has 7 heteroatoms. The van der Waals surface area contributed by atoms with Crippen LogP contribution in [0.25, 0.3) is 11.3 Å². The highest BCUT2D eigenvalue weighted by Crippen LogP contribution is 2.35. The Balaban J connectivity index is 1.93. The Hall–Kier alpha value is -2.85. The van der Waals surface area contributed by atoms with Crippen molar-refractivity contribution in [3.8, 4) is 17.3 Å². The van der Waals surface area contributed by atoms with E-state index >= 15 is 0 Å². The van der Waals surface area contributed by atoms with E-state index < -0.39 is 11.7 Å². The quantitative estimate of drug-likeness (QED) is 0.648. The molecule has 0 amide bonds. The monoisotopic (exact) mass is 357 g/mol. The number of halogens is 3. The summed E-state index contributed by atoms with van der Waals surface area (Å²) in [5.41, 5.74) is 0.855. The van der Waals surface area contributed by atoms with Crippen LogP contribution < -0.4 is 0 Å². The lowest BCUT2D eigenvalue weighted by Crippen LogP contribution is -2.04. The van der Waals surface area contributed by atoms with E-state index in [2.05, 4.69) is 10.2 Å². The van der Waals surface area contributed by atoms with Gasteiger partial charge in [-0.3, -0.25) is 0 Å². The van der Waals surface area contributed by atoms with Crippen molar-refractivity contribution in [1.29, 1.82) is 5.26 Å². The summed E-state index contributed by atoms with van der Waals surface area (Å²) >= 11 is 0.977. The van der Waals surface area contributed by atoms with E-state index in [-0.39, 0.29) is 10.6 Å². The molecule has 1 aromatic heterocycles. The Morgan fingerprint density at radius 3 is 2.36 bits per heavy atom. The molecule has 0 bridgehead atoms. The number of alkyl halides is 3. The molecule has 124 valence electrons. The number of hydrogen-bond donors (Lipinski definition) is 0.